The van der Waals surface area contributed by atoms with Gasteiger partial charge in [0.2, 0.25) is 0 Å². The SMILES string of the molecule is Cc1c(N)cccc1NC1(C)CCC1. The van der Waals surface area contributed by atoms with Gasteiger partial charge in [-0.1, -0.05) is 6.07 Å². The van der Waals surface area contributed by atoms with E-state index in [4.69, 9.17) is 5.73 Å². The molecule has 1 saturated carbocycles. The largest absolute Gasteiger partial charge is 0.398 e. The van der Waals surface area contributed by atoms with Gasteiger partial charge < -0.3 is 11.1 Å². The number of nitrogens with two attached hydrogens (primary N) is 1. The van der Waals surface area contributed by atoms with Crippen LogP contribution < -0.4 is 11.1 Å². The van der Waals surface area contributed by atoms with Gasteiger partial charge >= 0.3 is 0 Å². The summed E-state index contributed by atoms with van der Waals surface area (Å²) < 4.78 is 0. The second kappa shape index (κ2) is 3.19. The highest BCUT2D eigenvalue weighted by Crippen LogP contribution is 2.36. The number of hydrogen-bond donors (Lipinski definition) is 2. The Morgan fingerprint density at radius 2 is 2.07 bits per heavy atom. The summed E-state index contributed by atoms with van der Waals surface area (Å²) in [5, 5.41) is 3.58. The van der Waals surface area contributed by atoms with E-state index >= 15 is 0 Å². The minimum atomic E-state index is 0.304. The van der Waals surface area contributed by atoms with Crippen LogP contribution in [0.3, 0.4) is 0 Å². The lowest BCUT2D eigenvalue weighted by molar-refractivity contribution is 0.306. The van der Waals surface area contributed by atoms with Gasteiger partial charge in [-0.15, -0.1) is 0 Å². The fourth-order valence-electron chi connectivity index (χ4n) is 1.95. The van der Waals surface area contributed by atoms with Crippen molar-refractivity contribution in [3.05, 3.63) is 23.8 Å². The van der Waals surface area contributed by atoms with Crippen LogP contribution in [0.2, 0.25) is 0 Å². The van der Waals surface area contributed by atoms with E-state index in [0.29, 0.717) is 5.54 Å². The zero-order valence-electron chi connectivity index (χ0n) is 8.93. The summed E-state index contributed by atoms with van der Waals surface area (Å²) in [7, 11) is 0. The molecular weight excluding hydrogens is 172 g/mol. The molecule has 0 atom stereocenters. The Hall–Kier alpha value is -1.18. The molecule has 0 radical (unpaired) electrons. The predicted octanol–water partition coefficient (Wildman–Crippen LogP) is 2.93. The molecule has 2 rings (SSSR count). The van der Waals surface area contributed by atoms with E-state index in [1.807, 2.05) is 12.1 Å². The minimum absolute atomic E-state index is 0.304. The van der Waals surface area contributed by atoms with Gasteiger partial charge in [-0.05, 0) is 50.8 Å². The Balaban J connectivity index is 2.20. The van der Waals surface area contributed by atoms with E-state index in [0.717, 1.165) is 5.69 Å². The van der Waals surface area contributed by atoms with Crippen LogP contribution in [-0.4, -0.2) is 5.54 Å². The van der Waals surface area contributed by atoms with Gasteiger partial charge in [0.15, 0.2) is 0 Å². The lowest BCUT2D eigenvalue weighted by Gasteiger charge is -2.40. The Labute approximate surface area is 85.5 Å². The number of rotatable bonds is 2. The van der Waals surface area contributed by atoms with Crippen LogP contribution in [0.5, 0.6) is 0 Å². The summed E-state index contributed by atoms with van der Waals surface area (Å²) in [5.74, 6) is 0. The van der Waals surface area contributed by atoms with E-state index in [-0.39, 0.29) is 0 Å². The summed E-state index contributed by atoms with van der Waals surface area (Å²) in [5.41, 5.74) is 9.39. The fraction of sp³-hybridized carbons (Fsp3) is 0.500. The van der Waals surface area contributed by atoms with Gasteiger partial charge in [-0.3, -0.25) is 0 Å². The first-order valence-electron chi connectivity index (χ1n) is 5.24. The van der Waals surface area contributed by atoms with Crippen molar-refractivity contribution in [2.45, 2.75) is 38.6 Å². The first kappa shape index (κ1) is 9.38. The molecule has 1 aromatic rings. The van der Waals surface area contributed by atoms with E-state index in [1.165, 1.54) is 30.5 Å². The van der Waals surface area contributed by atoms with Crippen molar-refractivity contribution in [3.8, 4) is 0 Å². The highest BCUT2D eigenvalue weighted by atomic mass is 15.0. The summed E-state index contributed by atoms with van der Waals surface area (Å²) in [4.78, 5) is 0. The molecule has 0 unspecified atom stereocenters. The molecule has 0 amide bonds. The molecule has 14 heavy (non-hydrogen) atoms. The smallest absolute Gasteiger partial charge is 0.0394 e. The minimum Gasteiger partial charge on any atom is -0.398 e. The standard InChI is InChI=1S/C12H18N2/c1-9-10(13)5-3-6-11(9)14-12(2)7-4-8-12/h3,5-6,14H,4,7-8,13H2,1-2H3. The predicted molar refractivity (Wildman–Crippen MR) is 61.5 cm³/mol. The lowest BCUT2D eigenvalue weighted by Crippen LogP contribution is -2.41. The Bertz CT molecular complexity index is 340. The maximum atomic E-state index is 5.86. The maximum absolute atomic E-state index is 5.86. The van der Waals surface area contributed by atoms with Gasteiger partial charge in [0.05, 0.1) is 0 Å². The molecule has 1 aliphatic rings. The highest BCUT2D eigenvalue weighted by molar-refractivity contribution is 5.63. The zero-order chi connectivity index (χ0) is 10.2. The topological polar surface area (TPSA) is 38.0 Å². The third-order valence-corrected chi connectivity index (χ3v) is 3.27. The van der Waals surface area contributed by atoms with Crippen molar-refractivity contribution in [1.82, 2.24) is 0 Å². The molecule has 1 fully saturated rings. The Morgan fingerprint density at radius 1 is 1.36 bits per heavy atom. The number of anilines is 2. The van der Waals surface area contributed by atoms with Gasteiger partial charge in [0.1, 0.15) is 0 Å². The van der Waals surface area contributed by atoms with E-state index < -0.39 is 0 Å². The molecule has 76 valence electrons. The molecule has 0 aliphatic heterocycles. The zero-order valence-corrected chi connectivity index (χ0v) is 8.93. The fourth-order valence-corrected chi connectivity index (χ4v) is 1.95. The maximum Gasteiger partial charge on any atom is 0.0394 e. The molecule has 2 heteroatoms. The van der Waals surface area contributed by atoms with Crippen LogP contribution in [0, 0.1) is 6.92 Å². The molecule has 0 heterocycles. The second-order valence-electron chi connectivity index (χ2n) is 4.56. The van der Waals surface area contributed by atoms with Crippen molar-refractivity contribution in [2.24, 2.45) is 0 Å². The third-order valence-electron chi connectivity index (χ3n) is 3.27. The number of nitrogens with one attached hydrogen (secondary N) is 1. The number of nitrogen functional groups attached to an aromatic ring is 1. The van der Waals surface area contributed by atoms with Crippen molar-refractivity contribution in [2.75, 3.05) is 11.1 Å². The van der Waals surface area contributed by atoms with Crippen molar-refractivity contribution in [3.63, 3.8) is 0 Å². The quantitative estimate of drug-likeness (QED) is 0.704. The Morgan fingerprint density at radius 3 is 2.64 bits per heavy atom. The van der Waals surface area contributed by atoms with E-state index in [2.05, 4.69) is 25.2 Å². The molecule has 2 nitrogen and oxygen atoms in total. The third kappa shape index (κ3) is 1.57. The first-order valence-corrected chi connectivity index (χ1v) is 5.24. The van der Waals surface area contributed by atoms with Gasteiger partial charge in [-0.25, -0.2) is 0 Å². The van der Waals surface area contributed by atoms with Crippen LogP contribution in [0.25, 0.3) is 0 Å². The highest BCUT2D eigenvalue weighted by Gasteiger charge is 2.31. The molecule has 0 spiro atoms. The summed E-state index contributed by atoms with van der Waals surface area (Å²) in [6.07, 6.45) is 3.87. The van der Waals surface area contributed by atoms with Crippen LogP contribution in [0.4, 0.5) is 11.4 Å². The van der Waals surface area contributed by atoms with Crippen molar-refractivity contribution in [1.29, 1.82) is 0 Å². The summed E-state index contributed by atoms with van der Waals surface area (Å²) in [6.45, 7) is 4.35. The van der Waals surface area contributed by atoms with E-state index in [1.54, 1.807) is 0 Å². The number of benzene rings is 1. The van der Waals surface area contributed by atoms with Gasteiger partial charge in [0, 0.05) is 16.9 Å². The molecule has 1 aromatic carbocycles. The van der Waals surface area contributed by atoms with Crippen LogP contribution in [0.1, 0.15) is 31.7 Å². The summed E-state index contributed by atoms with van der Waals surface area (Å²) >= 11 is 0. The molecule has 1 aliphatic carbocycles. The molecule has 0 aromatic heterocycles. The lowest BCUT2D eigenvalue weighted by atomic mass is 9.78. The molecule has 0 bridgehead atoms. The Kier molecular flexibility index (Phi) is 2.14. The van der Waals surface area contributed by atoms with Crippen molar-refractivity contribution < 1.29 is 0 Å². The molecular formula is C12H18N2. The van der Waals surface area contributed by atoms with E-state index in [9.17, 15) is 0 Å². The number of hydrogen-bond acceptors (Lipinski definition) is 2. The van der Waals surface area contributed by atoms with Crippen LogP contribution >= 0.6 is 0 Å². The summed E-state index contributed by atoms with van der Waals surface area (Å²) in [6, 6.07) is 6.06. The van der Waals surface area contributed by atoms with Crippen LogP contribution in [-0.2, 0) is 0 Å². The normalized spacial score (nSPS) is 18.7. The first-order chi connectivity index (χ1) is 6.61. The van der Waals surface area contributed by atoms with Crippen molar-refractivity contribution >= 4 is 11.4 Å². The van der Waals surface area contributed by atoms with Gasteiger partial charge in [0.25, 0.3) is 0 Å². The average molecular weight is 190 g/mol. The van der Waals surface area contributed by atoms with Crippen LogP contribution in [0.15, 0.2) is 18.2 Å². The average Bonchev–Trinajstić information content (AvgIpc) is 2.10. The molecule has 0 saturated heterocycles. The second-order valence-corrected chi connectivity index (χ2v) is 4.56. The van der Waals surface area contributed by atoms with Gasteiger partial charge in [-0.2, -0.15) is 0 Å². The monoisotopic (exact) mass is 190 g/mol. The molecule has 3 N–H and O–H groups in total.